The number of nitrogens with two attached hydrogens (primary N) is 1. The van der Waals surface area contributed by atoms with E-state index in [4.69, 9.17) is 5.73 Å². The molecule has 3 N–H and O–H groups in total. The fourth-order valence-corrected chi connectivity index (χ4v) is 1.01. The van der Waals surface area contributed by atoms with Crippen molar-refractivity contribution in [2.75, 3.05) is 20.8 Å². The molecule has 0 aliphatic carbocycles. The number of esters is 2. The highest BCUT2D eigenvalue weighted by molar-refractivity contribution is 5.85. The van der Waals surface area contributed by atoms with Gasteiger partial charge in [-0.2, -0.15) is 0 Å². The second-order valence-electron chi connectivity index (χ2n) is 2.96. The molecular formula is C9H16N2O5. The number of nitrogens with one attached hydrogen (secondary N) is 1. The van der Waals surface area contributed by atoms with Gasteiger partial charge in [0.15, 0.2) is 0 Å². The molecule has 92 valence electrons. The van der Waals surface area contributed by atoms with Crippen LogP contribution in [0.3, 0.4) is 0 Å². The number of carbonyl (C=O) groups excluding carboxylic acids is 3. The molecule has 0 saturated carbocycles. The Bertz CT molecular complexity index is 267. The largest absolute Gasteiger partial charge is 0.469 e. The predicted molar refractivity (Wildman–Crippen MR) is 54.3 cm³/mol. The number of rotatable bonds is 6. The molecule has 0 bridgehead atoms. The second kappa shape index (κ2) is 7.63. The summed E-state index contributed by atoms with van der Waals surface area (Å²) >= 11 is 0. The van der Waals surface area contributed by atoms with Crippen LogP contribution in [0.1, 0.15) is 12.8 Å². The van der Waals surface area contributed by atoms with Crippen molar-refractivity contribution in [3.05, 3.63) is 0 Å². The van der Waals surface area contributed by atoms with Crippen molar-refractivity contribution >= 4 is 17.8 Å². The first-order valence-electron chi connectivity index (χ1n) is 4.69. The third-order valence-electron chi connectivity index (χ3n) is 1.87. The molecule has 0 heterocycles. The van der Waals surface area contributed by atoms with Gasteiger partial charge in [0.05, 0.1) is 20.8 Å². The van der Waals surface area contributed by atoms with Crippen LogP contribution in [0.15, 0.2) is 0 Å². The minimum Gasteiger partial charge on any atom is -0.469 e. The highest BCUT2D eigenvalue weighted by atomic mass is 16.5. The highest BCUT2D eigenvalue weighted by Gasteiger charge is 2.21. The van der Waals surface area contributed by atoms with Crippen LogP contribution in [0, 0.1) is 0 Å². The summed E-state index contributed by atoms with van der Waals surface area (Å²) in [6.45, 7) is -0.230. The Morgan fingerprint density at radius 3 is 2.31 bits per heavy atom. The first-order chi connectivity index (χ1) is 7.54. The Morgan fingerprint density at radius 2 is 1.88 bits per heavy atom. The van der Waals surface area contributed by atoms with Crippen molar-refractivity contribution < 1.29 is 23.9 Å². The Balaban J connectivity index is 4.26. The maximum absolute atomic E-state index is 11.2. The van der Waals surface area contributed by atoms with Crippen molar-refractivity contribution in [3.8, 4) is 0 Å². The fraction of sp³-hybridized carbons (Fsp3) is 0.667. The van der Waals surface area contributed by atoms with E-state index in [0.717, 1.165) is 0 Å². The van der Waals surface area contributed by atoms with Gasteiger partial charge in [0.1, 0.15) is 6.04 Å². The lowest BCUT2D eigenvalue weighted by atomic mass is 10.1. The van der Waals surface area contributed by atoms with Crippen LogP contribution in [-0.2, 0) is 23.9 Å². The van der Waals surface area contributed by atoms with E-state index < -0.39 is 23.9 Å². The van der Waals surface area contributed by atoms with Crippen molar-refractivity contribution in [2.45, 2.75) is 18.9 Å². The summed E-state index contributed by atoms with van der Waals surface area (Å²) in [7, 11) is 2.44. The van der Waals surface area contributed by atoms with Crippen LogP contribution in [0.4, 0.5) is 0 Å². The molecule has 0 aromatic heterocycles. The third-order valence-corrected chi connectivity index (χ3v) is 1.87. The molecule has 0 radical (unpaired) electrons. The average Bonchev–Trinajstić information content (AvgIpc) is 2.32. The molecular weight excluding hydrogens is 216 g/mol. The van der Waals surface area contributed by atoms with E-state index >= 15 is 0 Å². The Morgan fingerprint density at radius 1 is 1.25 bits per heavy atom. The summed E-state index contributed by atoms with van der Waals surface area (Å²) in [5, 5.41) is 2.35. The summed E-state index contributed by atoms with van der Waals surface area (Å²) in [5.74, 6) is -1.57. The van der Waals surface area contributed by atoms with E-state index in [0.29, 0.717) is 0 Å². The van der Waals surface area contributed by atoms with Gasteiger partial charge in [-0.1, -0.05) is 0 Å². The van der Waals surface area contributed by atoms with Gasteiger partial charge in [0.25, 0.3) is 0 Å². The fourth-order valence-electron chi connectivity index (χ4n) is 1.01. The zero-order chi connectivity index (χ0) is 12.6. The molecule has 1 amide bonds. The lowest BCUT2D eigenvalue weighted by molar-refractivity contribution is -0.146. The maximum atomic E-state index is 11.2. The first kappa shape index (κ1) is 14.4. The Hall–Kier alpha value is -1.63. The molecule has 7 heteroatoms. The van der Waals surface area contributed by atoms with Crippen LogP contribution in [0.2, 0.25) is 0 Å². The normalized spacial score (nSPS) is 11.4. The summed E-state index contributed by atoms with van der Waals surface area (Å²) in [5.41, 5.74) is 5.09. The molecule has 0 spiro atoms. The number of hydrogen-bond acceptors (Lipinski definition) is 6. The molecule has 0 rings (SSSR count). The molecule has 16 heavy (non-hydrogen) atoms. The smallest absolute Gasteiger partial charge is 0.328 e. The van der Waals surface area contributed by atoms with E-state index in [2.05, 4.69) is 14.8 Å². The van der Waals surface area contributed by atoms with Gasteiger partial charge in [-0.3, -0.25) is 9.59 Å². The average molecular weight is 232 g/mol. The predicted octanol–water partition coefficient (Wildman–Crippen LogP) is -1.44. The lowest BCUT2D eigenvalue weighted by Gasteiger charge is -2.15. The van der Waals surface area contributed by atoms with Gasteiger partial charge in [0, 0.05) is 6.42 Å². The van der Waals surface area contributed by atoms with E-state index in [1.165, 1.54) is 14.2 Å². The van der Waals surface area contributed by atoms with Gasteiger partial charge in [-0.25, -0.2) is 4.79 Å². The van der Waals surface area contributed by atoms with Crippen LogP contribution in [0.5, 0.6) is 0 Å². The summed E-state index contributed by atoms with van der Waals surface area (Å²) in [6, 6.07) is -0.875. The first-order valence-corrected chi connectivity index (χ1v) is 4.69. The van der Waals surface area contributed by atoms with Gasteiger partial charge in [-0.05, 0) is 6.42 Å². The SMILES string of the molecule is COC(=O)CC[C@H](NC(=O)CN)C(=O)OC. The quantitative estimate of drug-likeness (QED) is 0.543. The van der Waals surface area contributed by atoms with Crippen molar-refractivity contribution in [1.29, 1.82) is 0 Å². The zero-order valence-electron chi connectivity index (χ0n) is 9.32. The molecule has 0 aliphatic rings. The monoisotopic (exact) mass is 232 g/mol. The van der Waals surface area contributed by atoms with E-state index in [1.807, 2.05) is 0 Å². The van der Waals surface area contributed by atoms with Crippen LogP contribution < -0.4 is 11.1 Å². The maximum Gasteiger partial charge on any atom is 0.328 e. The number of hydrogen-bond donors (Lipinski definition) is 2. The number of methoxy groups -OCH3 is 2. The number of ether oxygens (including phenoxy) is 2. The van der Waals surface area contributed by atoms with Crippen LogP contribution in [0.25, 0.3) is 0 Å². The Kier molecular flexibility index (Phi) is 6.86. The number of carbonyl (C=O) groups is 3. The van der Waals surface area contributed by atoms with E-state index in [1.54, 1.807) is 0 Å². The van der Waals surface area contributed by atoms with E-state index in [9.17, 15) is 14.4 Å². The minimum atomic E-state index is -0.875. The zero-order valence-corrected chi connectivity index (χ0v) is 9.32. The van der Waals surface area contributed by atoms with Gasteiger partial charge in [-0.15, -0.1) is 0 Å². The van der Waals surface area contributed by atoms with Gasteiger partial charge < -0.3 is 20.5 Å². The topological polar surface area (TPSA) is 108 Å². The summed E-state index contributed by atoms with van der Waals surface area (Å²) in [6.07, 6.45) is 0.131. The molecule has 7 nitrogen and oxygen atoms in total. The molecule has 0 aromatic rings. The van der Waals surface area contributed by atoms with Gasteiger partial charge in [0.2, 0.25) is 5.91 Å². The third kappa shape index (κ3) is 5.30. The van der Waals surface area contributed by atoms with Crippen molar-refractivity contribution in [2.24, 2.45) is 5.73 Å². The molecule has 0 unspecified atom stereocenters. The van der Waals surface area contributed by atoms with Crippen LogP contribution in [-0.4, -0.2) is 44.7 Å². The Labute approximate surface area is 93.3 Å². The summed E-state index contributed by atoms with van der Waals surface area (Å²) < 4.78 is 8.89. The van der Waals surface area contributed by atoms with Crippen LogP contribution >= 0.6 is 0 Å². The van der Waals surface area contributed by atoms with Crippen molar-refractivity contribution in [3.63, 3.8) is 0 Å². The molecule has 0 fully saturated rings. The molecule has 1 atom stereocenters. The minimum absolute atomic E-state index is 0.0150. The van der Waals surface area contributed by atoms with Crippen molar-refractivity contribution in [1.82, 2.24) is 5.32 Å². The molecule has 0 saturated heterocycles. The highest BCUT2D eigenvalue weighted by Crippen LogP contribution is 2.01. The lowest BCUT2D eigenvalue weighted by Crippen LogP contribution is -2.44. The molecule has 0 aromatic carbocycles. The standard InChI is InChI=1S/C9H16N2O5/c1-15-8(13)4-3-6(9(14)16-2)11-7(12)5-10/h6H,3-5,10H2,1-2H3,(H,11,12)/t6-/m0/s1. The number of amides is 1. The van der Waals surface area contributed by atoms with Gasteiger partial charge >= 0.3 is 11.9 Å². The molecule has 0 aliphatic heterocycles. The van der Waals surface area contributed by atoms with E-state index in [-0.39, 0.29) is 19.4 Å². The summed E-state index contributed by atoms with van der Waals surface area (Å²) in [4.78, 5) is 33.1. The second-order valence-corrected chi connectivity index (χ2v) is 2.96.